The van der Waals surface area contributed by atoms with Crippen LogP contribution in [0, 0.1) is 5.41 Å². The Bertz CT molecular complexity index is 1120. The minimum Gasteiger partial charge on any atom is -0.465 e. The molecule has 31 heavy (non-hydrogen) atoms. The third kappa shape index (κ3) is 3.09. The first-order valence-corrected chi connectivity index (χ1v) is 10.5. The van der Waals surface area contributed by atoms with Gasteiger partial charge < -0.3 is 10.4 Å². The fraction of sp³-hybridized carbons (Fsp3) is 0.286. The molecule has 2 aliphatic heterocycles. The minimum atomic E-state index is -1.20. The van der Waals surface area contributed by atoms with Gasteiger partial charge in [-0.15, -0.1) is 0 Å². The van der Waals surface area contributed by atoms with Gasteiger partial charge >= 0.3 is 6.09 Å². The zero-order chi connectivity index (χ0) is 21.9. The van der Waals surface area contributed by atoms with Crippen LogP contribution in [0.2, 0.25) is 0 Å². The van der Waals surface area contributed by atoms with Crippen LogP contribution < -0.4 is 5.32 Å². The molecular weight excluding hydrogens is 468 g/mol. The van der Waals surface area contributed by atoms with Crippen LogP contribution in [0.25, 0.3) is 0 Å². The van der Waals surface area contributed by atoms with E-state index in [2.05, 4.69) is 26.2 Å². The fourth-order valence-electron chi connectivity index (χ4n) is 4.74. The molecule has 3 aliphatic rings. The van der Waals surface area contributed by atoms with Crippen molar-refractivity contribution in [3.05, 3.63) is 58.2 Å². The van der Waals surface area contributed by atoms with E-state index in [9.17, 15) is 24.3 Å². The van der Waals surface area contributed by atoms with E-state index < -0.39 is 29.5 Å². The van der Waals surface area contributed by atoms with Crippen LogP contribution in [0.5, 0.6) is 0 Å². The molecular formula is C21H17BrN4O5. The number of carbonyl (C=O) groups is 4. The van der Waals surface area contributed by atoms with Gasteiger partial charge in [0.25, 0.3) is 11.8 Å². The van der Waals surface area contributed by atoms with Gasteiger partial charge in [0.05, 0.1) is 11.1 Å². The summed E-state index contributed by atoms with van der Waals surface area (Å²) in [5.74, 6) is -0.941. The van der Waals surface area contributed by atoms with Crippen molar-refractivity contribution in [2.45, 2.75) is 24.9 Å². The van der Waals surface area contributed by atoms with Gasteiger partial charge in [0, 0.05) is 18.0 Å². The van der Waals surface area contributed by atoms with Crippen LogP contribution in [0.3, 0.4) is 0 Å². The molecule has 0 spiro atoms. The molecule has 9 nitrogen and oxygen atoms in total. The molecule has 0 radical (unpaired) electrons. The van der Waals surface area contributed by atoms with E-state index in [1.807, 2.05) is 0 Å². The second-order valence-corrected chi connectivity index (χ2v) is 8.88. The third-order valence-corrected chi connectivity index (χ3v) is 6.70. The number of nitrogens with one attached hydrogen (secondary N) is 1. The molecule has 2 aromatic rings. The molecule has 1 aromatic heterocycles. The van der Waals surface area contributed by atoms with Gasteiger partial charge in [-0.25, -0.2) is 9.78 Å². The lowest BCUT2D eigenvalue weighted by Crippen LogP contribution is -2.44. The first-order valence-electron chi connectivity index (χ1n) is 9.71. The summed E-state index contributed by atoms with van der Waals surface area (Å²) in [6.45, 7) is 0.0900. The Kier molecular flexibility index (Phi) is 4.37. The van der Waals surface area contributed by atoms with Gasteiger partial charge in [-0.1, -0.05) is 18.2 Å². The van der Waals surface area contributed by atoms with Gasteiger partial charge in [0.2, 0.25) is 5.91 Å². The van der Waals surface area contributed by atoms with Crippen LogP contribution in [-0.2, 0) is 4.79 Å². The Morgan fingerprint density at radius 2 is 1.77 bits per heavy atom. The normalized spacial score (nSPS) is 26.0. The molecule has 2 fully saturated rings. The summed E-state index contributed by atoms with van der Waals surface area (Å²) in [7, 11) is 0. The highest BCUT2D eigenvalue weighted by molar-refractivity contribution is 9.10. The van der Waals surface area contributed by atoms with Gasteiger partial charge in [-0.3, -0.25) is 24.2 Å². The summed E-state index contributed by atoms with van der Waals surface area (Å²) in [5, 5.41) is 12.4. The first kappa shape index (κ1) is 19.7. The molecule has 158 valence electrons. The van der Waals surface area contributed by atoms with Crippen molar-refractivity contribution in [3.63, 3.8) is 0 Å². The average Bonchev–Trinajstić information content (AvgIpc) is 3.25. The van der Waals surface area contributed by atoms with Gasteiger partial charge in [-0.05, 0) is 53.0 Å². The maximum atomic E-state index is 12.9. The molecule has 1 saturated heterocycles. The number of hydrogen-bond acceptors (Lipinski definition) is 5. The molecule has 3 heterocycles. The largest absolute Gasteiger partial charge is 0.465 e. The Morgan fingerprint density at radius 1 is 1.10 bits per heavy atom. The van der Waals surface area contributed by atoms with Crippen molar-refractivity contribution in [1.82, 2.24) is 14.8 Å². The van der Waals surface area contributed by atoms with E-state index in [1.54, 1.807) is 42.5 Å². The molecule has 0 bridgehead atoms. The number of nitrogens with zero attached hydrogens (tertiary/aromatic N) is 3. The van der Waals surface area contributed by atoms with Crippen LogP contribution in [0.1, 0.15) is 33.6 Å². The van der Waals surface area contributed by atoms with E-state index in [0.29, 0.717) is 28.0 Å². The molecule has 5 rings (SSSR count). The van der Waals surface area contributed by atoms with E-state index in [-0.39, 0.29) is 24.8 Å². The van der Waals surface area contributed by atoms with Crippen LogP contribution in [0.15, 0.2) is 47.1 Å². The zero-order valence-electron chi connectivity index (χ0n) is 16.1. The molecule has 4 amide bonds. The molecule has 3 unspecified atom stereocenters. The third-order valence-electron chi connectivity index (χ3n) is 6.26. The van der Waals surface area contributed by atoms with Gasteiger partial charge in [0.1, 0.15) is 16.5 Å². The van der Waals surface area contributed by atoms with Gasteiger partial charge in [-0.2, -0.15) is 0 Å². The second kappa shape index (κ2) is 6.88. The second-order valence-electron chi connectivity index (χ2n) is 8.07. The number of anilines is 1. The molecule has 1 aromatic carbocycles. The monoisotopic (exact) mass is 484 g/mol. The predicted octanol–water partition coefficient (Wildman–Crippen LogP) is 2.59. The van der Waals surface area contributed by atoms with E-state index in [1.165, 1.54) is 4.90 Å². The summed E-state index contributed by atoms with van der Waals surface area (Å²) in [4.78, 5) is 56.8. The van der Waals surface area contributed by atoms with Crippen molar-refractivity contribution in [1.29, 1.82) is 0 Å². The number of aromatic nitrogens is 1. The van der Waals surface area contributed by atoms with E-state index in [0.717, 1.165) is 4.90 Å². The Hall–Kier alpha value is -3.27. The Morgan fingerprint density at radius 3 is 2.39 bits per heavy atom. The number of carbonyl (C=O) groups excluding carboxylic acids is 3. The summed E-state index contributed by atoms with van der Waals surface area (Å²) < 4.78 is 0.539. The number of pyridine rings is 1. The highest BCUT2D eigenvalue weighted by Crippen LogP contribution is 2.60. The topological polar surface area (TPSA) is 120 Å². The highest BCUT2D eigenvalue weighted by Gasteiger charge is 2.68. The lowest BCUT2D eigenvalue weighted by atomic mass is 9.98. The van der Waals surface area contributed by atoms with Crippen molar-refractivity contribution < 1.29 is 24.3 Å². The van der Waals surface area contributed by atoms with Crippen molar-refractivity contribution in [2.75, 3.05) is 11.9 Å². The number of carboxylic acid groups (broad SMARTS) is 1. The smallest absolute Gasteiger partial charge is 0.408 e. The summed E-state index contributed by atoms with van der Waals surface area (Å²) in [6, 6.07) is 10.3. The first-order chi connectivity index (χ1) is 14.8. The predicted molar refractivity (Wildman–Crippen MR) is 111 cm³/mol. The fourth-order valence-corrected chi connectivity index (χ4v) is 5.09. The lowest BCUT2D eigenvalue weighted by Gasteiger charge is -2.24. The SMILES string of the molecule is O=C(Nc1cccc(Br)n1)C1CC2(CN3C(=O)c4ccccc4C3=O)CC2N1C(=O)O. The summed E-state index contributed by atoms with van der Waals surface area (Å²) in [6.07, 6.45) is -0.461. The van der Waals surface area contributed by atoms with E-state index >= 15 is 0 Å². The number of rotatable bonds is 4. The maximum absolute atomic E-state index is 12.9. The number of imide groups is 1. The summed E-state index contributed by atoms with van der Waals surface area (Å²) >= 11 is 3.23. The molecule has 1 saturated carbocycles. The number of benzene rings is 1. The number of likely N-dealkylation sites (tertiary alicyclic amines) is 1. The van der Waals surface area contributed by atoms with Crippen molar-refractivity contribution in [3.8, 4) is 0 Å². The minimum absolute atomic E-state index is 0.0900. The summed E-state index contributed by atoms with van der Waals surface area (Å²) in [5.41, 5.74) is 0.0896. The quantitative estimate of drug-likeness (QED) is 0.508. The van der Waals surface area contributed by atoms with Gasteiger partial charge in [0.15, 0.2) is 0 Å². The number of fused-ring (bicyclic) bond motifs is 2. The zero-order valence-corrected chi connectivity index (χ0v) is 17.7. The Labute approximate surface area is 185 Å². The average molecular weight is 485 g/mol. The number of halogens is 1. The van der Waals surface area contributed by atoms with Crippen LogP contribution in [0.4, 0.5) is 10.6 Å². The number of amides is 4. The van der Waals surface area contributed by atoms with Crippen LogP contribution in [-0.4, -0.2) is 62.3 Å². The van der Waals surface area contributed by atoms with E-state index in [4.69, 9.17) is 0 Å². The standard InChI is InChI=1S/C21H17BrN4O5/c22-15-6-3-7-16(23-15)24-17(27)13-8-21(9-14(21)26(13)20(30)31)10-25-18(28)11-4-1-2-5-12(11)19(25)29/h1-7,13-14H,8-10H2,(H,30,31)(H,23,24,27). The van der Waals surface area contributed by atoms with Crippen molar-refractivity contribution >= 4 is 45.6 Å². The molecule has 10 heteroatoms. The van der Waals surface area contributed by atoms with Crippen LogP contribution >= 0.6 is 15.9 Å². The Balaban J connectivity index is 1.36. The maximum Gasteiger partial charge on any atom is 0.408 e. The number of hydrogen-bond donors (Lipinski definition) is 2. The lowest BCUT2D eigenvalue weighted by molar-refractivity contribution is -0.120. The molecule has 1 aliphatic carbocycles. The molecule has 3 atom stereocenters. The molecule has 2 N–H and O–H groups in total. The highest BCUT2D eigenvalue weighted by atomic mass is 79.9. The van der Waals surface area contributed by atoms with Crippen molar-refractivity contribution in [2.24, 2.45) is 5.41 Å². The number of piperidine rings is 1.